The van der Waals surface area contributed by atoms with Crippen molar-refractivity contribution in [1.82, 2.24) is 10.2 Å². The molecule has 0 radical (unpaired) electrons. The fourth-order valence-corrected chi connectivity index (χ4v) is 3.18. The molecule has 0 aliphatic carbocycles. The predicted octanol–water partition coefficient (Wildman–Crippen LogP) is 2.36. The van der Waals surface area contributed by atoms with Gasteiger partial charge in [-0.1, -0.05) is 42.1 Å². The summed E-state index contributed by atoms with van der Waals surface area (Å²) in [4.78, 5) is 12.0. The number of benzene rings is 2. The topological polar surface area (TPSA) is 116 Å². The molecule has 1 heterocycles. The molecule has 0 unspecified atom stereocenters. The zero-order valence-electron chi connectivity index (χ0n) is 12.8. The van der Waals surface area contributed by atoms with Gasteiger partial charge in [-0.2, -0.15) is 0 Å². The summed E-state index contributed by atoms with van der Waals surface area (Å²) in [7, 11) is -3.75. The predicted molar refractivity (Wildman–Crippen MR) is 92.6 cm³/mol. The molecular weight excluding hydrogens is 362 g/mol. The van der Waals surface area contributed by atoms with Gasteiger partial charge in [-0.05, 0) is 24.3 Å². The van der Waals surface area contributed by atoms with E-state index in [9.17, 15) is 13.2 Å². The molecule has 1 aromatic heterocycles. The molecule has 25 heavy (non-hydrogen) atoms. The number of hydrogen-bond acceptors (Lipinski definition) is 7. The van der Waals surface area contributed by atoms with Gasteiger partial charge in [-0.3, -0.25) is 4.79 Å². The summed E-state index contributed by atoms with van der Waals surface area (Å²) in [5.74, 6) is 0.370. The van der Waals surface area contributed by atoms with Crippen molar-refractivity contribution in [1.29, 1.82) is 0 Å². The molecule has 0 aliphatic rings. The number of rotatable bonds is 6. The summed E-state index contributed by atoms with van der Waals surface area (Å²) in [5.41, 5.74) is 1.18. The van der Waals surface area contributed by atoms with E-state index in [4.69, 9.17) is 9.56 Å². The lowest BCUT2D eigenvalue weighted by Crippen LogP contribution is -2.11. The molecule has 0 spiro atoms. The van der Waals surface area contributed by atoms with Gasteiger partial charge in [0.2, 0.25) is 15.9 Å². The van der Waals surface area contributed by atoms with Crippen LogP contribution in [0.5, 0.6) is 0 Å². The summed E-state index contributed by atoms with van der Waals surface area (Å²) >= 11 is 1.14. The second-order valence-corrected chi connectivity index (χ2v) is 7.51. The van der Waals surface area contributed by atoms with Crippen LogP contribution in [0.25, 0.3) is 11.5 Å². The number of sulfonamides is 1. The zero-order chi connectivity index (χ0) is 17.9. The molecule has 3 rings (SSSR count). The Bertz CT molecular complexity index is 984. The van der Waals surface area contributed by atoms with Gasteiger partial charge >= 0.3 is 0 Å². The molecule has 2 aromatic carbocycles. The zero-order valence-corrected chi connectivity index (χ0v) is 14.5. The Morgan fingerprint density at radius 2 is 1.72 bits per heavy atom. The van der Waals surface area contributed by atoms with Crippen molar-refractivity contribution in [2.75, 3.05) is 5.75 Å². The van der Waals surface area contributed by atoms with E-state index in [0.29, 0.717) is 11.1 Å². The molecule has 0 atom stereocenters. The third-order valence-corrected chi connectivity index (χ3v) is 5.01. The summed E-state index contributed by atoms with van der Waals surface area (Å²) < 4.78 is 28.0. The maximum Gasteiger partial charge on any atom is 0.277 e. The van der Waals surface area contributed by atoms with Crippen molar-refractivity contribution in [2.24, 2.45) is 5.14 Å². The quantitative estimate of drug-likeness (QED) is 0.519. The second kappa shape index (κ2) is 7.18. The van der Waals surface area contributed by atoms with E-state index < -0.39 is 10.0 Å². The Kier molecular flexibility index (Phi) is 4.98. The van der Waals surface area contributed by atoms with Crippen LogP contribution in [0.3, 0.4) is 0 Å². The van der Waals surface area contributed by atoms with E-state index in [-0.39, 0.29) is 27.5 Å². The molecule has 0 saturated carbocycles. The standard InChI is InChI=1S/C16H13N3O4S2/c17-25(21,22)13-8-6-12(7-9-13)15-18-19-16(23-15)24-10-14(20)11-4-2-1-3-5-11/h1-9H,10H2,(H2,17,21,22). The summed E-state index contributed by atoms with van der Waals surface area (Å²) in [6.45, 7) is 0. The number of carbonyl (C=O) groups excluding carboxylic acids is 1. The number of ketones is 1. The first kappa shape index (κ1) is 17.3. The number of nitrogens with two attached hydrogens (primary N) is 1. The SMILES string of the molecule is NS(=O)(=O)c1ccc(-c2nnc(SCC(=O)c3ccccc3)o2)cc1. The average molecular weight is 375 g/mol. The Labute approximate surface area is 148 Å². The fraction of sp³-hybridized carbons (Fsp3) is 0.0625. The number of hydrogen-bond donors (Lipinski definition) is 1. The van der Waals surface area contributed by atoms with E-state index in [1.165, 1.54) is 24.3 Å². The van der Waals surface area contributed by atoms with Crippen molar-refractivity contribution in [3.8, 4) is 11.5 Å². The van der Waals surface area contributed by atoms with Crippen LogP contribution in [0.4, 0.5) is 0 Å². The summed E-state index contributed by atoms with van der Waals surface area (Å²) in [5, 5.41) is 13.1. The van der Waals surface area contributed by atoms with Crippen molar-refractivity contribution in [3.05, 3.63) is 60.2 Å². The third kappa shape index (κ3) is 4.32. The van der Waals surface area contributed by atoms with Crippen LogP contribution in [0, 0.1) is 0 Å². The smallest absolute Gasteiger partial charge is 0.277 e. The first-order valence-corrected chi connectivity index (χ1v) is 9.64. The van der Waals surface area contributed by atoms with Gasteiger partial charge in [0.25, 0.3) is 5.22 Å². The molecule has 0 fully saturated rings. The minimum atomic E-state index is -3.75. The molecule has 0 bridgehead atoms. The number of carbonyl (C=O) groups is 1. The second-order valence-electron chi connectivity index (χ2n) is 5.02. The Morgan fingerprint density at radius 3 is 2.36 bits per heavy atom. The van der Waals surface area contributed by atoms with Gasteiger partial charge in [0.05, 0.1) is 10.6 Å². The van der Waals surface area contributed by atoms with E-state index in [1.54, 1.807) is 24.3 Å². The summed E-state index contributed by atoms with van der Waals surface area (Å²) in [6.07, 6.45) is 0. The molecular formula is C16H13N3O4S2. The molecule has 7 nitrogen and oxygen atoms in total. The van der Waals surface area contributed by atoms with Crippen LogP contribution in [0.2, 0.25) is 0 Å². The highest BCUT2D eigenvalue weighted by atomic mass is 32.2. The molecule has 0 amide bonds. The Balaban J connectivity index is 1.67. The van der Waals surface area contributed by atoms with E-state index in [2.05, 4.69) is 10.2 Å². The number of aromatic nitrogens is 2. The minimum Gasteiger partial charge on any atom is -0.411 e. The molecule has 0 aliphatic heterocycles. The van der Waals surface area contributed by atoms with Crippen LogP contribution in [0.15, 0.2) is 69.1 Å². The first-order valence-electron chi connectivity index (χ1n) is 7.11. The highest BCUT2D eigenvalue weighted by molar-refractivity contribution is 7.99. The molecule has 128 valence electrons. The van der Waals surface area contributed by atoms with Crippen LogP contribution in [0.1, 0.15) is 10.4 Å². The lowest BCUT2D eigenvalue weighted by molar-refractivity contribution is 0.102. The highest BCUT2D eigenvalue weighted by Gasteiger charge is 2.13. The monoisotopic (exact) mass is 375 g/mol. The van der Waals surface area contributed by atoms with E-state index >= 15 is 0 Å². The van der Waals surface area contributed by atoms with Gasteiger partial charge < -0.3 is 4.42 Å². The van der Waals surface area contributed by atoms with Gasteiger partial charge in [0.1, 0.15) is 0 Å². The fourth-order valence-electron chi connectivity index (χ4n) is 2.01. The van der Waals surface area contributed by atoms with Crippen molar-refractivity contribution >= 4 is 27.6 Å². The molecule has 3 aromatic rings. The number of nitrogens with zero attached hydrogens (tertiary/aromatic N) is 2. The van der Waals surface area contributed by atoms with E-state index in [1.807, 2.05) is 6.07 Å². The van der Waals surface area contributed by atoms with Gasteiger partial charge in [0, 0.05) is 11.1 Å². The summed E-state index contributed by atoms with van der Waals surface area (Å²) in [6, 6.07) is 14.7. The minimum absolute atomic E-state index is 0.00109. The lowest BCUT2D eigenvalue weighted by Gasteiger charge is -1.99. The Hall–Kier alpha value is -2.49. The third-order valence-electron chi connectivity index (χ3n) is 3.26. The molecule has 0 saturated heterocycles. The maximum atomic E-state index is 12.0. The highest BCUT2D eigenvalue weighted by Crippen LogP contribution is 2.24. The molecule has 9 heteroatoms. The van der Waals surface area contributed by atoms with E-state index in [0.717, 1.165) is 11.8 Å². The van der Waals surface area contributed by atoms with Crippen LogP contribution < -0.4 is 5.14 Å². The number of Topliss-reactive ketones (excluding diaryl/α,β-unsaturated/α-hetero) is 1. The maximum absolute atomic E-state index is 12.0. The van der Waals surface area contributed by atoms with Crippen molar-refractivity contribution in [2.45, 2.75) is 10.1 Å². The largest absolute Gasteiger partial charge is 0.411 e. The van der Waals surface area contributed by atoms with Gasteiger partial charge in [-0.25, -0.2) is 13.6 Å². The normalized spacial score (nSPS) is 11.4. The van der Waals surface area contributed by atoms with Crippen molar-refractivity contribution in [3.63, 3.8) is 0 Å². The van der Waals surface area contributed by atoms with Crippen LogP contribution in [-0.2, 0) is 10.0 Å². The Morgan fingerprint density at radius 1 is 1.04 bits per heavy atom. The molecule has 2 N–H and O–H groups in total. The van der Waals surface area contributed by atoms with Crippen molar-refractivity contribution < 1.29 is 17.6 Å². The van der Waals surface area contributed by atoms with Gasteiger partial charge in [0.15, 0.2) is 5.78 Å². The van der Waals surface area contributed by atoms with Gasteiger partial charge in [-0.15, -0.1) is 10.2 Å². The number of thioether (sulfide) groups is 1. The average Bonchev–Trinajstić information content (AvgIpc) is 3.09. The van der Waals surface area contributed by atoms with Crippen LogP contribution in [-0.4, -0.2) is 30.2 Å². The number of primary sulfonamides is 1. The first-order chi connectivity index (χ1) is 11.9. The lowest BCUT2D eigenvalue weighted by atomic mass is 10.2. The van der Waals surface area contributed by atoms with Crippen LogP contribution >= 0.6 is 11.8 Å².